The number of imide groups is 1. The summed E-state index contributed by atoms with van der Waals surface area (Å²) in [6, 6.07) is 5.49. The number of hydrogen-bond donors (Lipinski definition) is 7. The Labute approximate surface area is 460 Å². The van der Waals surface area contributed by atoms with Crippen molar-refractivity contribution >= 4 is 53.3 Å². The van der Waals surface area contributed by atoms with E-state index in [2.05, 4.69) is 26.6 Å². The van der Waals surface area contributed by atoms with E-state index < -0.39 is 77.2 Å². The lowest BCUT2D eigenvalue weighted by atomic mass is 9.83. The van der Waals surface area contributed by atoms with Gasteiger partial charge in [0.05, 0.1) is 24.9 Å². The number of amides is 9. The van der Waals surface area contributed by atoms with Crippen LogP contribution in [0.3, 0.4) is 0 Å². The van der Waals surface area contributed by atoms with Gasteiger partial charge in [-0.1, -0.05) is 67.0 Å². The van der Waals surface area contributed by atoms with Crippen molar-refractivity contribution in [1.82, 2.24) is 40.6 Å². The molecule has 3 heterocycles. The maximum Gasteiger partial charge on any atom is 0.407 e. The molecule has 5 rings (SSSR count). The number of nitrogens with one attached hydrogen (secondary N) is 5. The molecule has 0 bridgehead atoms. The fourth-order valence-corrected chi connectivity index (χ4v) is 9.31. The maximum absolute atomic E-state index is 15.2. The summed E-state index contributed by atoms with van der Waals surface area (Å²) < 4.78 is 42.6. The smallest absolute Gasteiger partial charge is 0.407 e. The molecule has 0 unspecified atom stereocenters. The summed E-state index contributed by atoms with van der Waals surface area (Å²) in [6.45, 7) is 16.1. The molecule has 21 nitrogen and oxygen atoms in total. The Morgan fingerprint density at radius 3 is 2.19 bits per heavy atom. The van der Waals surface area contributed by atoms with E-state index in [4.69, 9.17) is 20.2 Å². The van der Waals surface area contributed by atoms with Crippen molar-refractivity contribution in [3.8, 4) is 11.3 Å². The third-order valence-corrected chi connectivity index (χ3v) is 13.7. The van der Waals surface area contributed by atoms with E-state index in [1.807, 2.05) is 39.2 Å². The number of carbonyl (C=O) groups excluding carboxylic acids is 8. The van der Waals surface area contributed by atoms with E-state index in [0.29, 0.717) is 62.5 Å². The topological polar surface area (TPSA) is 286 Å². The molecule has 1 aromatic heterocycles. The Balaban J connectivity index is 1.19. The lowest BCUT2D eigenvalue weighted by Gasteiger charge is -2.43. The number of hydrogen-bond acceptors (Lipinski definition) is 12. The van der Waals surface area contributed by atoms with Crippen LogP contribution in [0, 0.1) is 28.4 Å². The minimum Gasteiger partial charge on any atom is -0.445 e. The third kappa shape index (κ3) is 18.4. The molecule has 1 fully saturated rings. The van der Waals surface area contributed by atoms with E-state index in [1.165, 1.54) is 24.0 Å². The monoisotopic (exact) mass is 1100 g/mol. The molecule has 432 valence electrons. The molecule has 0 radical (unpaired) electrons. The summed E-state index contributed by atoms with van der Waals surface area (Å²) in [6.07, 6.45) is 4.62. The van der Waals surface area contributed by atoms with Crippen LogP contribution in [0.5, 0.6) is 0 Å². The van der Waals surface area contributed by atoms with Crippen LogP contribution in [-0.4, -0.2) is 129 Å². The number of halogens is 2. The maximum atomic E-state index is 15.2. The van der Waals surface area contributed by atoms with E-state index in [1.54, 1.807) is 44.3 Å². The average Bonchev–Trinajstić information content (AvgIpc) is 3.93. The van der Waals surface area contributed by atoms with Gasteiger partial charge >= 0.3 is 12.1 Å². The van der Waals surface area contributed by atoms with Gasteiger partial charge in [0.2, 0.25) is 17.7 Å². The van der Waals surface area contributed by atoms with E-state index in [0.717, 1.165) is 23.1 Å². The van der Waals surface area contributed by atoms with E-state index in [9.17, 15) is 47.9 Å². The average molecular weight is 1110 g/mol. The summed E-state index contributed by atoms with van der Waals surface area (Å²) in [5.74, 6) is -4.14. The predicted octanol–water partition coefficient (Wildman–Crippen LogP) is 5.75. The van der Waals surface area contributed by atoms with Crippen molar-refractivity contribution in [3.05, 3.63) is 83.8 Å². The molecule has 1 saturated heterocycles. The zero-order chi connectivity index (χ0) is 58.2. The van der Waals surface area contributed by atoms with Gasteiger partial charge in [-0.3, -0.25) is 33.7 Å². The van der Waals surface area contributed by atoms with Gasteiger partial charge in [0.25, 0.3) is 17.7 Å². The molecule has 2 aromatic carbocycles. The molecular weight excluding hydrogens is 1030 g/mol. The summed E-state index contributed by atoms with van der Waals surface area (Å²) >= 11 is 0. The van der Waals surface area contributed by atoms with Crippen LogP contribution >= 0.6 is 0 Å². The second kappa shape index (κ2) is 28.6. The van der Waals surface area contributed by atoms with Gasteiger partial charge in [-0.15, -0.1) is 0 Å². The van der Waals surface area contributed by atoms with Crippen molar-refractivity contribution in [3.63, 3.8) is 0 Å². The number of imidazole rings is 1. The summed E-state index contributed by atoms with van der Waals surface area (Å²) in [5.41, 5.74) is 5.28. The summed E-state index contributed by atoms with van der Waals surface area (Å²) in [4.78, 5) is 110. The Hall–Kier alpha value is -7.27. The van der Waals surface area contributed by atoms with Gasteiger partial charge in [0.1, 0.15) is 42.3 Å². The lowest BCUT2D eigenvalue weighted by Crippen LogP contribution is -2.54. The molecule has 3 aromatic rings. The molecule has 79 heavy (non-hydrogen) atoms. The minimum absolute atomic E-state index is 0.0423. The van der Waals surface area contributed by atoms with Gasteiger partial charge in [-0.25, -0.2) is 23.4 Å². The van der Waals surface area contributed by atoms with Crippen molar-refractivity contribution in [1.29, 1.82) is 0 Å². The number of anilines is 1. The number of carbonyl (C=O) groups is 8. The molecule has 8 N–H and O–H groups in total. The van der Waals surface area contributed by atoms with E-state index >= 15 is 4.39 Å². The fourth-order valence-electron chi connectivity index (χ4n) is 9.31. The Kier molecular flexibility index (Phi) is 22.6. The second-order valence-corrected chi connectivity index (χ2v) is 22.1. The van der Waals surface area contributed by atoms with Gasteiger partial charge in [0, 0.05) is 73.7 Å². The van der Waals surface area contributed by atoms with Crippen LogP contribution in [0.1, 0.15) is 124 Å². The van der Waals surface area contributed by atoms with Gasteiger partial charge in [-0.2, -0.15) is 0 Å². The van der Waals surface area contributed by atoms with Crippen molar-refractivity contribution in [2.75, 3.05) is 38.2 Å². The molecule has 5 atom stereocenters. The Bertz CT molecular complexity index is 2650. The van der Waals surface area contributed by atoms with Crippen LogP contribution in [0.15, 0.2) is 60.8 Å². The van der Waals surface area contributed by atoms with Gasteiger partial charge in [0.15, 0.2) is 0 Å². The zero-order valence-electron chi connectivity index (χ0n) is 46.5. The number of urea groups is 1. The van der Waals surface area contributed by atoms with Crippen LogP contribution in [0.25, 0.3) is 11.3 Å². The number of nitrogens with zero attached hydrogens (tertiary/aromatic N) is 4. The number of aliphatic hydroxyl groups excluding tert-OH is 1. The predicted molar refractivity (Wildman–Crippen MR) is 289 cm³/mol. The summed E-state index contributed by atoms with van der Waals surface area (Å²) in [7, 11) is 0. The summed E-state index contributed by atoms with van der Waals surface area (Å²) in [5, 5.41) is 24.4. The molecule has 0 spiro atoms. The first-order chi connectivity index (χ1) is 37.3. The van der Waals surface area contributed by atoms with Crippen molar-refractivity contribution in [2.45, 2.75) is 150 Å². The van der Waals surface area contributed by atoms with Crippen LogP contribution in [-0.2, 0) is 51.4 Å². The SMILES string of the molecule is CC[C@H](CCN(C(=O)[C@H](C)O)[C@@H](c1nc(-c2cc(F)ccc2F)cn1CC1(C)COC1)C(C)(C)C)NC(=O)OCc1ccc(NC(=O)[C@H](CCCNC(N)=O)NC(=O)[C@@H](NC(=O)CCCCCN2C(=O)C=CC2=O)C(C)C)cc1. The first-order valence-electron chi connectivity index (χ1n) is 26.9. The normalized spacial score (nSPS) is 15.8. The minimum atomic E-state index is -1.41. The third-order valence-electron chi connectivity index (χ3n) is 13.7. The molecule has 0 saturated carbocycles. The number of unbranched alkanes of at least 4 members (excludes halogenated alkanes) is 2. The first kappa shape index (κ1) is 62.6. The highest BCUT2D eigenvalue weighted by molar-refractivity contribution is 6.12. The van der Waals surface area contributed by atoms with Gasteiger partial charge in [-0.05, 0) is 92.7 Å². The standard InChI is InChI=1S/C56H78F2N10O11/c1-9-38(24-27-68(52(75)35(4)69)48(55(5,6)7)49-63-43(40-28-37(57)18-21-41(40)58)29-66(49)31-56(8)32-78-33-56)62-54(77)79-30-36-16-19-39(20-17-36)61-50(73)42(14-13-25-60-53(59)76)64-51(74)47(34(2)3)65-44(70)15-11-10-12-26-67-45(71)22-23-46(67)72/h16-23,28-29,34-35,38,42,47-48,69H,9-15,24-27,30-33H2,1-8H3,(H,61,73)(H,62,77)(H,64,74)(H,65,70)(H3,59,60,76)/t35-,38+,42-,47-,48-/m0/s1. The zero-order valence-corrected chi connectivity index (χ0v) is 46.5. The number of ether oxygens (including phenoxy) is 2. The number of rotatable bonds is 29. The van der Waals surface area contributed by atoms with Crippen LogP contribution in [0.4, 0.5) is 24.1 Å². The highest BCUT2D eigenvalue weighted by Gasteiger charge is 2.42. The molecular formula is C56H78F2N10O11. The number of alkyl carbamates (subject to hydrolysis) is 1. The number of benzene rings is 2. The van der Waals surface area contributed by atoms with Crippen LogP contribution < -0.4 is 32.3 Å². The Morgan fingerprint density at radius 1 is 0.911 bits per heavy atom. The molecule has 2 aliphatic rings. The van der Waals surface area contributed by atoms with Crippen LogP contribution in [0.2, 0.25) is 0 Å². The largest absolute Gasteiger partial charge is 0.445 e. The number of aliphatic hydroxyl groups is 1. The number of primary amides is 1. The van der Waals surface area contributed by atoms with E-state index in [-0.39, 0.29) is 92.2 Å². The highest BCUT2D eigenvalue weighted by Crippen LogP contribution is 2.41. The van der Waals surface area contributed by atoms with Crippen molar-refractivity contribution in [2.24, 2.45) is 22.5 Å². The quantitative estimate of drug-likeness (QED) is 0.0323. The molecule has 9 amide bonds. The first-order valence-corrected chi connectivity index (χ1v) is 26.9. The number of nitrogens with two attached hydrogens (primary N) is 1. The highest BCUT2D eigenvalue weighted by atomic mass is 19.1. The molecule has 0 aliphatic carbocycles. The Morgan fingerprint density at radius 2 is 1.59 bits per heavy atom. The fraction of sp³-hybridized carbons (Fsp3) is 0.554. The second-order valence-electron chi connectivity index (χ2n) is 22.1. The molecule has 23 heteroatoms. The molecule has 2 aliphatic heterocycles. The van der Waals surface area contributed by atoms with Gasteiger partial charge < -0.3 is 56.4 Å². The lowest BCUT2D eigenvalue weighted by molar-refractivity contribution is -0.145. The number of aromatic nitrogens is 2. The van der Waals surface area contributed by atoms with Crippen molar-refractivity contribution < 1.29 is 61.7 Å².